The van der Waals surface area contributed by atoms with Crippen LogP contribution in [0.3, 0.4) is 0 Å². The van der Waals surface area contributed by atoms with Crippen LogP contribution < -0.4 is 5.82 Å². The van der Waals surface area contributed by atoms with Gasteiger partial charge < -0.3 is 8.83 Å². The van der Waals surface area contributed by atoms with Gasteiger partial charge in [0.25, 0.3) is 0 Å². The molecule has 80 valence electrons. The first-order chi connectivity index (χ1) is 6.12. The van der Waals surface area contributed by atoms with Gasteiger partial charge in [0.05, 0.1) is 0 Å². The molecule has 0 aliphatic carbocycles. The van der Waals surface area contributed by atoms with Crippen LogP contribution >= 0.6 is 0 Å². The van der Waals surface area contributed by atoms with E-state index in [2.05, 4.69) is 0 Å². The first-order valence-electron chi connectivity index (χ1n) is 4.77. The molecule has 1 rings (SSSR count). The molecule has 0 bridgehead atoms. The van der Waals surface area contributed by atoms with Gasteiger partial charge in [-0.3, -0.25) is 0 Å². The van der Waals surface area contributed by atoms with E-state index >= 15 is 0 Å². The molecule has 0 aliphatic rings. The second-order valence-electron chi connectivity index (χ2n) is 5.61. The molecule has 0 amide bonds. The highest BCUT2D eigenvalue weighted by Gasteiger charge is 2.32. The molecule has 14 heavy (non-hydrogen) atoms. The average Bonchev–Trinajstić information content (AvgIpc) is 2.27. The molecule has 3 nitrogen and oxygen atoms in total. The Hall–Kier alpha value is -0.990. The number of hydrogen-bond acceptors (Lipinski definition) is 3. The van der Waals surface area contributed by atoms with E-state index in [0.717, 1.165) is 0 Å². The third-order valence-corrected chi connectivity index (χ3v) is 1.94. The van der Waals surface area contributed by atoms with Crippen LogP contribution in [0.1, 0.15) is 53.1 Å². The van der Waals surface area contributed by atoms with Gasteiger partial charge in [0.1, 0.15) is 0 Å². The SMILES string of the molecule is CC(C)(C)c1oc(=O)oc1C(C)(C)C. The predicted octanol–water partition coefficient (Wildman–Crippen LogP) is 2.83. The normalized spacial score (nSPS) is 13.3. The van der Waals surface area contributed by atoms with E-state index in [1.54, 1.807) is 0 Å². The molecule has 0 spiro atoms. The van der Waals surface area contributed by atoms with Crippen molar-refractivity contribution < 1.29 is 8.83 Å². The van der Waals surface area contributed by atoms with E-state index in [9.17, 15) is 4.79 Å². The highest BCUT2D eigenvalue weighted by Crippen LogP contribution is 2.32. The Balaban J connectivity index is 3.38. The summed E-state index contributed by atoms with van der Waals surface area (Å²) in [5.41, 5.74) is -0.399. The Morgan fingerprint density at radius 1 is 0.786 bits per heavy atom. The summed E-state index contributed by atoms with van der Waals surface area (Å²) in [6.45, 7) is 12.0. The van der Waals surface area contributed by atoms with Gasteiger partial charge in [0.2, 0.25) is 0 Å². The van der Waals surface area contributed by atoms with Gasteiger partial charge in [-0.25, -0.2) is 4.79 Å². The van der Waals surface area contributed by atoms with Crippen LogP contribution in [-0.2, 0) is 10.8 Å². The van der Waals surface area contributed by atoms with Crippen LogP contribution in [0.5, 0.6) is 0 Å². The molecule has 0 atom stereocenters. The molecule has 0 N–H and O–H groups in total. The zero-order valence-corrected chi connectivity index (χ0v) is 9.72. The van der Waals surface area contributed by atoms with Crippen LogP contribution in [0.4, 0.5) is 0 Å². The van der Waals surface area contributed by atoms with Crippen LogP contribution in [-0.4, -0.2) is 0 Å². The van der Waals surface area contributed by atoms with E-state index in [1.165, 1.54) is 0 Å². The number of rotatable bonds is 0. The lowest BCUT2D eigenvalue weighted by molar-refractivity contribution is 0.336. The monoisotopic (exact) mass is 198 g/mol. The standard InChI is InChI=1S/C11H18O3/c1-10(2,3)7-8(11(4,5)6)14-9(12)13-7/h1-6H3. The fourth-order valence-corrected chi connectivity index (χ4v) is 1.27. The Labute approximate surface area is 84.1 Å². The molecule has 0 fully saturated rings. The van der Waals surface area contributed by atoms with Gasteiger partial charge in [-0.05, 0) is 0 Å². The predicted molar refractivity (Wildman–Crippen MR) is 54.6 cm³/mol. The first-order valence-corrected chi connectivity index (χ1v) is 4.77. The lowest BCUT2D eigenvalue weighted by Gasteiger charge is -2.21. The lowest BCUT2D eigenvalue weighted by Crippen LogP contribution is -2.19. The van der Waals surface area contributed by atoms with E-state index in [0.29, 0.717) is 11.5 Å². The van der Waals surface area contributed by atoms with Crippen molar-refractivity contribution in [3.05, 3.63) is 22.1 Å². The Morgan fingerprint density at radius 2 is 1.07 bits per heavy atom. The van der Waals surface area contributed by atoms with Crippen LogP contribution in [0.15, 0.2) is 13.6 Å². The van der Waals surface area contributed by atoms with Gasteiger partial charge >= 0.3 is 5.82 Å². The molecule has 0 saturated carbocycles. The third kappa shape index (κ3) is 2.08. The smallest absolute Gasteiger partial charge is 0.395 e. The molecule has 0 aliphatic heterocycles. The minimum Gasteiger partial charge on any atom is -0.395 e. The molecule has 3 heteroatoms. The summed E-state index contributed by atoms with van der Waals surface area (Å²) < 4.78 is 10.2. The Kier molecular flexibility index (Phi) is 2.38. The van der Waals surface area contributed by atoms with Crippen molar-refractivity contribution in [2.45, 2.75) is 52.4 Å². The maximum Gasteiger partial charge on any atom is 0.519 e. The van der Waals surface area contributed by atoms with Gasteiger partial charge in [-0.2, -0.15) is 0 Å². The van der Waals surface area contributed by atoms with Crippen molar-refractivity contribution in [1.82, 2.24) is 0 Å². The summed E-state index contributed by atoms with van der Waals surface area (Å²) in [6, 6.07) is 0. The zero-order chi connectivity index (χ0) is 11.1. The molecule has 0 unspecified atom stereocenters. The second kappa shape index (κ2) is 3.01. The molecule has 0 radical (unpaired) electrons. The fraction of sp³-hybridized carbons (Fsp3) is 0.727. The minimum absolute atomic E-state index is 0.200. The highest BCUT2D eigenvalue weighted by molar-refractivity contribution is 5.20. The van der Waals surface area contributed by atoms with Gasteiger partial charge in [-0.1, -0.05) is 41.5 Å². The van der Waals surface area contributed by atoms with Crippen molar-refractivity contribution in [2.24, 2.45) is 0 Å². The summed E-state index contributed by atoms with van der Waals surface area (Å²) in [4.78, 5) is 11.1. The third-order valence-electron chi connectivity index (χ3n) is 1.94. The fourth-order valence-electron chi connectivity index (χ4n) is 1.27. The average molecular weight is 198 g/mol. The van der Waals surface area contributed by atoms with Crippen molar-refractivity contribution in [1.29, 1.82) is 0 Å². The second-order valence-corrected chi connectivity index (χ2v) is 5.61. The molecule has 1 aromatic heterocycles. The van der Waals surface area contributed by atoms with Gasteiger partial charge in [0, 0.05) is 10.8 Å². The minimum atomic E-state index is -0.611. The van der Waals surface area contributed by atoms with Crippen molar-refractivity contribution in [2.75, 3.05) is 0 Å². The maximum absolute atomic E-state index is 11.1. The lowest BCUT2D eigenvalue weighted by atomic mass is 9.84. The Bertz CT molecular complexity index is 334. The molecule has 1 aromatic rings. The first kappa shape index (κ1) is 11.1. The summed E-state index contributed by atoms with van der Waals surface area (Å²) in [7, 11) is 0. The topological polar surface area (TPSA) is 43.4 Å². The zero-order valence-electron chi connectivity index (χ0n) is 9.72. The van der Waals surface area contributed by atoms with Crippen molar-refractivity contribution in [3.8, 4) is 0 Å². The number of hydrogen-bond donors (Lipinski definition) is 0. The van der Waals surface area contributed by atoms with Crippen molar-refractivity contribution >= 4 is 0 Å². The van der Waals surface area contributed by atoms with Crippen LogP contribution in [0, 0.1) is 0 Å². The van der Waals surface area contributed by atoms with Crippen molar-refractivity contribution in [3.63, 3.8) is 0 Å². The van der Waals surface area contributed by atoms with E-state index in [4.69, 9.17) is 8.83 Å². The molecular formula is C11H18O3. The van der Waals surface area contributed by atoms with E-state index in [-0.39, 0.29) is 10.8 Å². The summed E-state index contributed by atoms with van der Waals surface area (Å²) in [5, 5.41) is 0. The summed E-state index contributed by atoms with van der Waals surface area (Å²) in [6.07, 6.45) is 0. The maximum atomic E-state index is 11.1. The molecular weight excluding hydrogens is 180 g/mol. The quantitative estimate of drug-likeness (QED) is 0.643. The Morgan fingerprint density at radius 3 is 1.29 bits per heavy atom. The van der Waals surface area contributed by atoms with E-state index in [1.807, 2.05) is 41.5 Å². The van der Waals surface area contributed by atoms with Crippen LogP contribution in [0.2, 0.25) is 0 Å². The van der Waals surface area contributed by atoms with Gasteiger partial charge in [0.15, 0.2) is 11.5 Å². The summed E-state index contributed by atoms with van der Waals surface area (Å²) >= 11 is 0. The van der Waals surface area contributed by atoms with Gasteiger partial charge in [-0.15, -0.1) is 0 Å². The molecule has 0 aromatic carbocycles. The largest absolute Gasteiger partial charge is 0.519 e. The molecule has 0 saturated heterocycles. The van der Waals surface area contributed by atoms with E-state index < -0.39 is 5.82 Å². The molecule has 1 heterocycles. The highest BCUT2D eigenvalue weighted by atomic mass is 16.6. The summed E-state index contributed by atoms with van der Waals surface area (Å²) in [5.74, 6) is 0.685. The van der Waals surface area contributed by atoms with Crippen LogP contribution in [0.25, 0.3) is 0 Å².